The van der Waals surface area contributed by atoms with E-state index in [9.17, 15) is 9.59 Å². The highest BCUT2D eigenvalue weighted by atomic mass is 16.5. The van der Waals surface area contributed by atoms with Gasteiger partial charge in [0.05, 0.1) is 13.7 Å². The van der Waals surface area contributed by atoms with Crippen molar-refractivity contribution in [1.82, 2.24) is 15.2 Å². The molecule has 6 heteroatoms. The Balaban J connectivity index is 1.67. The van der Waals surface area contributed by atoms with Crippen LogP contribution < -0.4 is 5.32 Å². The Morgan fingerprint density at radius 3 is 2.76 bits per heavy atom. The highest BCUT2D eigenvalue weighted by molar-refractivity contribution is 5.87. The number of hydrogen-bond donors (Lipinski definition) is 2. The molecule has 1 fully saturated rings. The second-order valence-corrected chi connectivity index (χ2v) is 6.54. The molecule has 2 heterocycles. The number of ether oxygens (including phenoxy) is 1. The lowest BCUT2D eigenvalue weighted by molar-refractivity contribution is -0.145. The quantitative estimate of drug-likeness (QED) is 0.785. The Morgan fingerprint density at radius 2 is 2.00 bits per heavy atom. The summed E-state index contributed by atoms with van der Waals surface area (Å²) in [7, 11) is 1.35. The standard InChI is InChI=1S/C19H25N3O3/c1-25-19(24)17(21-18(23)13-22-9-5-2-6-10-22)11-14-12-20-16-8-4-3-7-15(14)16/h3-4,7-8,12,17,20H,2,5-6,9-11,13H2,1H3,(H,21,23)/t17-/m1/s1. The van der Waals surface area contributed by atoms with Gasteiger partial charge in [0.25, 0.3) is 0 Å². The third-order valence-electron chi connectivity index (χ3n) is 4.74. The van der Waals surface area contributed by atoms with E-state index in [1.807, 2.05) is 30.5 Å². The van der Waals surface area contributed by atoms with Crippen molar-refractivity contribution < 1.29 is 14.3 Å². The first-order chi connectivity index (χ1) is 12.2. The van der Waals surface area contributed by atoms with Crippen LogP contribution in [-0.2, 0) is 20.7 Å². The Bertz CT molecular complexity index is 734. The maximum atomic E-state index is 12.4. The van der Waals surface area contributed by atoms with Crippen molar-refractivity contribution in [3.05, 3.63) is 36.0 Å². The average Bonchev–Trinajstić information content (AvgIpc) is 3.04. The van der Waals surface area contributed by atoms with Crippen LogP contribution in [0.3, 0.4) is 0 Å². The molecule has 1 aliphatic rings. The number of carbonyl (C=O) groups is 2. The van der Waals surface area contributed by atoms with Gasteiger partial charge in [-0.05, 0) is 37.6 Å². The summed E-state index contributed by atoms with van der Waals surface area (Å²) in [5.74, 6) is -0.547. The van der Waals surface area contributed by atoms with E-state index in [2.05, 4.69) is 15.2 Å². The van der Waals surface area contributed by atoms with Crippen molar-refractivity contribution in [3.63, 3.8) is 0 Å². The number of piperidine rings is 1. The molecule has 1 amide bonds. The summed E-state index contributed by atoms with van der Waals surface area (Å²) in [6, 6.07) is 7.23. The first kappa shape index (κ1) is 17.5. The van der Waals surface area contributed by atoms with Crippen LogP contribution in [-0.4, -0.2) is 54.5 Å². The number of nitrogens with one attached hydrogen (secondary N) is 2. The number of rotatable bonds is 6. The molecular formula is C19H25N3O3. The second-order valence-electron chi connectivity index (χ2n) is 6.54. The molecule has 1 saturated heterocycles. The van der Waals surface area contributed by atoms with Crippen LogP contribution in [0.15, 0.2) is 30.5 Å². The number of benzene rings is 1. The van der Waals surface area contributed by atoms with Gasteiger partial charge >= 0.3 is 5.97 Å². The van der Waals surface area contributed by atoms with E-state index in [0.717, 1.165) is 42.4 Å². The van der Waals surface area contributed by atoms with Crippen molar-refractivity contribution in [3.8, 4) is 0 Å². The van der Waals surface area contributed by atoms with Crippen LogP contribution in [0, 0.1) is 0 Å². The molecule has 1 aromatic carbocycles. The van der Waals surface area contributed by atoms with Gasteiger partial charge in [-0.2, -0.15) is 0 Å². The van der Waals surface area contributed by atoms with Gasteiger partial charge in [0.2, 0.25) is 5.91 Å². The SMILES string of the molecule is COC(=O)[C@@H](Cc1c[nH]c2ccccc12)NC(=O)CN1CCCCC1. The number of H-pyrrole nitrogens is 1. The van der Waals surface area contributed by atoms with Crippen LogP contribution in [0.1, 0.15) is 24.8 Å². The molecule has 0 aliphatic carbocycles. The summed E-state index contributed by atoms with van der Waals surface area (Å²) in [6.45, 7) is 2.22. The average molecular weight is 343 g/mol. The largest absolute Gasteiger partial charge is 0.467 e. The molecule has 0 saturated carbocycles. The van der Waals surface area contributed by atoms with Gasteiger partial charge in [-0.15, -0.1) is 0 Å². The molecule has 0 radical (unpaired) electrons. The molecule has 2 aromatic rings. The fraction of sp³-hybridized carbons (Fsp3) is 0.474. The molecule has 0 unspecified atom stereocenters. The van der Waals surface area contributed by atoms with Crippen LogP contribution >= 0.6 is 0 Å². The summed E-state index contributed by atoms with van der Waals surface area (Å²) in [6.07, 6.45) is 5.77. The van der Waals surface area contributed by atoms with Gasteiger partial charge in [0, 0.05) is 23.5 Å². The van der Waals surface area contributed by atoms with Crippen LogP contribution in [0.25, 0.3) is 10.9 Å². The van der Waals surface area contributed by atoms with Crippen LogP contribution in [0.5, 0.6) is 0 Å². The Kier molecular flexibility index (Phi) is 5.71. The van der Waals surface area contributed by atoms with E-state index < -0.39 is 12.0 Å². The molecule has 2 N–H and O–H groups in total. The fourth-order valence-corrected chi connectivity index (χ4v) is 3.42. The highest BCUT2D eigenvalue weighted by Gasteiger charge is 2.24. The van der Waals surface area contributed by atoms with E-state index >= 15 is 0 Å². The monoisotopic (exact) mass is 343 g/mol. The first-order valence-corrected chi connectivity index (χ1v) is 8.82. The summed E-state index contributed by atoms with van der Waals surface area (Å²) < 4.78 is 4.89. The predicted octanol–water partition coefficient (Wildman–Crippen LogP) is 1.85. The summed E-state index contributed by atoms with van der Waals surface area (Å²) in [5.41, 5.74) is 2.00. The Labute approximate surface area is 147 Å². The second kappa shape index (κ2) is 8.16. The zero-order valence-electron chi connectivity index (χ0n) is 14.6. The lowest BCUT2D eigenvalue weighted by Crippen LogP contribution is -2.47. The smallest absolute Gasteiger partial charge is 0.328 e. The van der Waals surface area contributed by atoms with E-state index in [-0.39, 0.29) is 5.91 Å². The van der Waals surface area contributed by atoms with Crippen molar-refractivity contribution in [2.75, 3.05) is 26.7 Å². The van der Waals surface area contributed by atoms with Crippen LogP contribution in [0.4, 0.5) is 0 Å². The predicted molar refractivity (Wildman–Crippen MR) is 96.2 cm³/mol. The number of para-hydroxylation sites is 1. The van der Waals surface area contributed by atoms with Gasteiger partial charge in [-0.25, -0.2) is 4.79 Å². The normalized spacial score (nSPS) is 16.5. The summed E-state index contributed by atoms with van der Waals surface area (Å²) >= 11 is 0. The lowest BCUT2D eigenvalue weighted by Gasteiger charge is -2.26. The van der Waals surface area contributed by atoms with Crippen molar-refractivity contribution >= 4 is 22.8 Å². The molecule has 6 nitrogen and oxygen atoms in total. The zero-order chi connectivity index (χ0) is 17.6. The minimum Gasteiger partial charge on any atom is -0.467 e. The number of hydrogen-bond acceptors (Lipinski definition) is 4. The summed E-state index contributed by atoms with van der Waals surface area (Å²) in [5, 5.41) is 3.91. The van der Waals surface area contributed by atoms with E-state index in [1.54, 1.807) is 0 Å². The van der Waals surface area contributed by atoms with Crippen molar-refractivity contribution in [2.45, 2.75) is 31.7 Å². The molecule has 1 aromatic heterocycles. The number of nitrogens with zero attached hydrogens (tertiary/aromatic N) is 1. The number of esters is 1. The number of aromatic nitrogens is 1. The molecule has 25 heavy (non-hydrogen) atoms. The van der Waals surface area contributed by atoms with Crippen molar-refractivity contribution in [1.29, 1.82) is 0 Å². The third-order valence-corrected chi connectivity index (χ3v) is 4.74. The number of likely N-dealkylation sites (tertiary alicyclic amines) is 1. The number of carbonyl (C=O) groups excluding carboxylic acids is 2. The van der Waals surface area contributed by atoms with Crippen LogP contribution in [0.2, 0.25) is 0 Å². The molecule has 3 rings (SSSR count). The number of methoxy groups -OCH3 is 1. The molecule has 1 atom stereocenters. The minimum atomic E-state index is -0.679. The number of fused-ring (bicyclic) bond motifs is 1. The molecule has 0 bridgehead atoms. The van der Waals surface area contributed by atoms with Crippen molar-refractivity contribution in [2.24, 2.45) is 0 Å². The number of amides is 1. The Morgan fingerprint density at radius 1 is 1.24 bits per heavy atom. The van der Waals surface area contributed by atoms with E-state index in [0.29, 0.717) is 13.0 Å². The van der Waals surface area contributed by atoms with Gasteiger partial charge in [0.1, 0.15) is 6.04 Å². The van der Waals surface area contributed by atoms with Gasteiger partial charge < -0.3 is 15.0 Å². The topological polar surface area (TPSA) is 74.4 Å². The molecule has 1 aliphatic heterocycles. The first-order valence-electron chi connectivity index (χ1n) is 8.82. The molecular weight excluding hydrogens is 318 g/mol. The van der Waals surface area contributed by atoms with Gasteiger partial charge in [-0.1, -0.05) is 24.6 Å². The highest BCUT2D eigenvalue weighted by Crippen LogP contribution is 2.19. The Hall–Kier alpha value is -2.34. The summed E-state index contributed by atoms with van der Waals surface area (Å²) in [4.78, 5) is 29.8. The van der Waals surface area contributed by atoms with Gasteiger partial charge in [0.15, 0.2) is 0 Å². The lowest BCUT2D eigenvalue weighted by atomic mass is 10.0. The third kappa shape index (κ3) is 4.39. The van der Waals surface area contributed by atoms with E-state index in [4.69, 9.17) is 4.74 Å². The maximum absolute atomic E-state index is 12.4. The fourth-order valence-electron chi connectivity index (χ4n) is 3.42. The molecule has 0 spiro atoms. The minimum absolute atomic E-state index is 0.128. The zero-order valence-corrected chi connectivity index (χ0v) is 14.6. The van der Waals surface area contributed by atoms with Gasteiger partial charge in [-0.3, -0.25) is 9.69 Å². The van der Waals surface area contributed by atoms with E-state index in [1.165, 1.54) is 13.5 Å². The molecule has 134 valence electrons. The maximum Gasteiger partial charge on any atom is 0.328 e. The number of aromatic amines is 1.